The molecule has 5 nitrogen and oxygen atoms in total. The van der Waals surface area contributed by atoms with Crippen molar-refractivity contribution in [2.75, 3.05) is 6.54 Å². The van der Waals surface area contributed by atoms with E-state index in [1.807, 2.05) is 22.9 Å². The summed E-state index contributed by atoms with van der Waals surface area (Å²) in [5.74, 6) is 0.511. The lowest BCUT2D eigenvalue weighted by molar-refractivity contribution is 0.652. The highest BCUT2D eigenvalue weighted by Gasteiger charge is 2.03. The number of imidazole rings is 1. The molecule has 3 N–H and O–H groups in total. The second-order valence-electron chi connectivity index (χ2n) is 5.29. The normalized spacial score (nSPS) is 11.1. The number of hydrogen-bond acceptors (Lipinski definition) is 2. The number of hydrogen-bond donors (Lipinski definition) is 2. The summed E-state index contributed by atoms with van der Waals surface area (Å²) in [6.45, 7) is 3.65. The monoisotopic (exact) mass is 427 g/mol. The SMILES string of the molecule is CCCCCCNC(N)=NCc1ccccc1-n1ccnc1.I. The summed E-state index contributed by atoms with van der Waals surface area (Å²) in [6.07, 6.45) is 10.4. The maximum absolute atomic E-state index is 5.92. The minimum absolute atomic E-state index is 0. The summed E-state index contributed by atoms with van der Waals surface area (Å²) in [4.78, 5) is 8.52. The molecule has 2 rings (SSSR count). The highest BCUT2D eigenvalue weighted by atomic mass is 127. The molecule has 0 spiro atoms. The first-order valence-corrected chi connectivity index (χ1v) is 7.91. The van der Waals surface area contributed by atoms with Crippen molar-refractivity contribution in [2.24, 2.45) is 10.7 Å². The number of guanidine groups is 1. The van der Waals surface area contributed by atoms with Gasteiger partial charge in [0.1, 0.15) is 0 Å². The predicted octanol–water partition coefficient (Wildman–Crippen LogP) is 3.47. The molecule has 1 heterocycles. The average molecular weight is 427 g/mol. The number of halogens is 1. The van der Waals surface area contributed by atoms with Crippen LogP contribution >= 0.6 is 24.0 Å². The van der Waals surface area contributed by atoms with Gasteiger partial charge in [-0.1, -0.05) is 44.4 Å². The number of rotatable bonds is 8. The summed E-state index contributed by atoms with van der Waals surface area (Å²) < 4.78 is 1.99. The van der Waals surface area contributed by atoms with Crippen molar-refractivity contribution in [3.05, 3.63) is 48.5 Å². The number of nitrogens with zero attached hydrogens (tertiary/aromatic N) is 3. The van der Waals surface area contributed by atoms with E-state index in [0.29, 0.717) is 12.5 Å². The van der Waals surface area contributed by atoms with E-state index >= 15 is 0 Å². The van der Waals surface area contributed by atoms with E-state index < -0.39 is 0 Å². The molecular weight excluding hydrogens is 401 g/mol. The summed E-state index contributed by atoms with van der Waals surface area (Å²) in [7, 11) is 0. The Morgan fingerprint density at radius 3 is 2.83 bits per heavy atom. The second kappa shape index (κ2) is 11.0. The van der Waals surface area contributed by atoms with E-state index in [1.165, 1.54) is 19.3 Å². The minimum Gasteiger partial charge on any atom is -0.370 e. The molecule has 0 saturated carbocycles. The van der Waals surface area contributed by atoms with Gasteiger partial charge in [-0.05, 0) is 18.1 Å². The van der Waals surface area contributed by atoms with Crippen LogP contribution < -0.4 is 11.1 Å². The molecule has 0 fully saturated rings. The van der Waals surface area contributed by atoms with Gasteiger partial charge in [0.2, 0.25) is 0 Å². The number of nitrogens with one attached hydrogen (secondary N) is 1. The highest BCUT2D eigenvalue weighted by molar-refractivity contribution is 14.0. The molecule has 0 saturated heterocycles. The van der Waals surface area contributed by atoms with Crippen LogP contribution in [0.5, 0.6) is 0 Å². The molecule has 0 bridgehead atoms. The highest BCUT2D eigenvalue weighted by Crippen LogP contribution is 2.14. The van der Waals surface area contributed by atoms with Gasteiger partial charge in [0.25, 0.3) is 0 Å². The number of para-hydroxylation sites is 1. The van der Waals surface area contributed by atoms with Gasteiger partial charge in [-0.15, -0.1) is 24.0 Å². The number of aromatic nitrogens is 2. The minimum atomic E-state index is 0. The lowest BCUT2D eigenvalue weighted by Gasteiger charge is -2.09. The Balaban J connectivity index is 0.00000264. The van der Waals surface area contributed by atoms with E-state index in [0.717, 1.165) is 24.2 Å². The fourth-order valence-electron chi connectivity index (χ4n) is 2.29. The Hall–Kier alpha value is -1.57. The molecule has 23 heavy (non-hydrogen) atoms. The molecule has 0 aliphatic rings. The molecule has 1 aromatic carbocycles. The van der Waals surface area contributed by atoms with Gasteiger partial charge in [0.05, 0.1) is 18.6 Å². The lowest BCUT2D eigenvalue weighted by Crippen LogP contribution is -2.32. The fourth-order valence-corrected chi connectivity index (χ4v) is 2.29. The third-order valence-electron chi connectivity index (χ3n) is 3.53. The van der Waals surface area contributed by atoms with Crippen molar-refractivity contribution >= 4 is 29.9 Å². The van der Waals surface area contributed by atoms with E-state index in [9.17, 15) is 0 Å². The van der Waals surface area contributed by atoms with Crippen LogP contribution in [-0.4, -0.2) is 22.1 Å². The summed E-state index contributed by atoms with van der Waals surface area (Å²) in [5.41, 5.74) is 8.13. The molecule has 1 aromatic heterocycles. The zero-order chi connectivity index (χ0) is 15.6. The number of nitrogens with two attached hydrogens (primary N) is 1. The zero-order valence-corrected chi connectivity index (χ0v) is 15.9. The maximum Gasteiger partial charge on any atom is 0.188 e. The van der Waals surface area contributed by atoms with E-state index in [-0.39, 0.29) is 24.0 Å². The van der Waals surface area contributed by atoms with Crippen molar-refractivity contribution in [3.8, 4) is 5.69 Å². The van der Waals surface area contributed by atoms with Crippen LogP contribution in [-0.2, 0) is 6.54 Å². The Kier molecular flexibility index (Phi) is 9.35. The average Bonchev–Trinajstić information content (AvgIpc) is 3.07. The van der Waals surface area contributed by atoms with Crippen LogP contribution in [0.4, 0.5) is 0 Å². The van der Waals surface area contributed by atoms with Crippen LogP contribution in [0.15, 0.2) is 48.0 Å². The summed E-state index contributed by atoms with van der Waals surface area (Å²) in [5, 5.41) is 3.17. The molecule has 0 unspecified atom stereocenters. The number of unbranched alkanes of at least 4 members (excludes halogenated alkanes) is 3. The summed E-state index contributed by atoms with van der Waals surface area (Å²) >= 11 is 0. The smallest absolute Gasteiger partial charge is 0.188 e. The van der Waals surface area contributed by atoms with Gasteiger partial charge >= 0.3 is 0 Å². The van der Waals surface area contributed by atoms with Crippen molar-refractivity contribution < 1.29 is 0 Å². The van der Waals surface area contributed by atoms with Crippen molar-refractivity contribution in [3.63, 3.8) is 0 Å². The molecule has 0 atom stereocenters. The Labute approximate surface area is 155 Å². The topological polar surface area (TPSA) is 68.2 Å². The molecule has 0 amide bonds. The van der Waals surface area contributed by atoms with Gasteiger partial charge in [0, 0.05) is 18.9 Å². The van der Waals surface area contributed by atoms with E-state index in [4.69, 9.17) is 5.73 Å². The zero-order valence-electron chi connectivity index (χ0n) is 13.6. The standard InChI is InChI=1S/C17H25N5.HI/c1-2-3-4-7-10-20-17(18)21-13-15-8-5-6-9-16(15)22-12-11-19-14-22;/h5-6,8-9,11-12,14H,2-4,7,10,13H2,1H3,(H3,18,20,21);1H. The lowest BCUT2D eigenvalue weighted by atomic mass is 10.2. The fraction of sp³-hybridized carbons (Fsp3) is 0.412. The molecular formula is C17H26IN5. The Morgan fingerprint density at radius 1 is 1.26 bits per heavy atom. The van der Waals surface area contributed by atoms with Crippen LogP contribution in [0.25, 0.3) is 5.69 Å². The summed E-state index contributed by atoms with van der Waals surface area (Å²) in [6, 6.07) is 8.14. The van der Waals surface area contributed by atoms with Gasteiger partial charge in [-0.3, -0.25) is 0 Å². The number of benzene rings is 1. The molecule has 2 aromatic rings. The second-order valence-corrected chi connectivity index (χ2v) is 5.29. The van der Waals surface area contributed by atoms with Crippen molar-refractivity contribution in [1.82, 2.24) is 14.9 Å². The third kappa shape index (κ3) is 6.60. The third-order valence-corrected chi connectivity index (χ3v) is 3.53. The quantitative estimate of drug-likeness (QED) is 0.293. The predicted molar refractivity (Wildman–Crippen MR) is 106 cm³/mol. The first-order chi connectivity index (χ1) is 10.8. The van der Waals surface area contributed by atoms with Gasteiger partial charge < -0.3 is 15.6 Å². The van der Waals surface area contributed by atoms with Crippen LogP contribution in [0, 0.1) is 0 Å². The van der Waals surface area contributed by atoms with E-state index in [1.54, 1.807) is 12.5 Å². The van der Waals surface area contributed by atoms with Gasteiger partial charge in [0.15, 0.2) is 5.96 Å². The molecule has 0 aliphatic heterocycles. The first-order valence-electron chi connectivity index (χ1n) is 7.91. The molecule has 126 valence electrons. The van der Waals surface area contributed by atoms with Gasteiger partial charge in [-0.2, -0.15) is 0 Å². The van der Waals surface area contributed by atoms with Crippen molar-refractivity contribution in [1.29, 1.82) is 0 Å². The molecule has 6 heteroatoms. The van der Waals surface area contributed by atoms with Crippen LogP contribution in [0.1, 0.15) is 38.2 Å². The van der Waals surface area contributed by atoms with E-state index in [2.05, 4.69) is 34.3 Å². The Bertz CT molecular complexity index is 580. The largest absolute Gasteiger partial charge is 0.370 e. The first kappa shape index (κ1) is 19.5. The molecule has 0 aliphatic carbocycles. The van der Waals surface area contributed by atoms with Crippen molar-refractivity contribution in [2.45, 2.75) is 39.2 Å². The Morgan fingerprint density at radius 2 is 2.09 bits per heavy atom. The van der Waals surface area contributed by atoms with Crippen LogP contribution in [0.3, 0.4) is 0 Å². The molecule has 0 radical (unpaired) electrons. The van der Waals surface area contributed by atoms with Crippen LogP contribution in [0.2, 0.25) is 0 Å². The maximum atomic E-state index is 5.92. The number of aliphatic imine (C=N–C) groups is 1. The van der Waals surface area contributed by atoms with Gasteiger partial charge in [-0.25, -0.2) is 9.98 Å².